The zero-order chi connectivity index (χ0) is 15.2. The van der Waals surface area contributed by atoms with E-state index in [4.69, 9.17) is 0 Å². The molecule has 0 spiro atoms. The van der Waals surface area contributed by atoms with Crippen molar-refractivity contribution in [2.45, 2.75) is 36.8 Å². The second-order valence-corrected chi connectivity index (χ2v) is 6.33. The summed E-state index contributed by atoms with van der Waals surface area (Å²) in [6, 6.07) is 7.97. The molecule has 2 heterocycles. The van der Waals surface area contributed by atoms with Gasteiger partial charge >= 0.3 is 0 Å². The predicted octanol–water partition coefficient (Wildman–Crippen LogP) is 2.69. The molecule has 1 N–H and O–H groups in total. The van der Waals surface area contributed by atoms with Crippen molar-refractivity contribution in [3.8, 4) is 11.3 Å². The highest BCUT2D eigenvalue weighted by Crippen LogP contribution is 2.20. The van der Waals surface area contributed by atoms with E-state index in [-0.39, 0.29) is 5.91 Å². The maximum absolute atomic E-state index is 11.9. The van der Waals surface area contributed by atoms with Crippen molar-refractivity contribution in [3.05, 3.63) is 36.7 Å². The number of rotatable bonds is 5. The molecule has 0 atom stereocenters. The third-order valence-electron chi connectivity index (χ3n) is 3.67. The molecular weight excluding hydrogens is 296 g/mol. The van der Waals surface area contributed by atoms with Crippen LogP contribution >= 0.6 is 11.8 Å². The van der Waals surface area contributed by atoms with Crippen molar-refractivity contribution >= 4 is 17.7 Å². The third kappa shape index (κ3) is 4.04. The normalized spacial score (nSPS) is 14.9. The van der Waals surface area contributed by atoms with Gasteiger partial charge in [-0.25, -0.2) is 0 Å². The van der Waals surface area contributed by atoms with E-state index < -0.39 is 0 Å². The van der Waals surface area contributed by atoms with Crippen LogP contribution in [0.15, 0.2) is 41.7 Å². The van der Waals surface area contributed by atoms with Gasteiger partial charge in [-0.3, -0.25) is 9.78 Å². The number of carbonyl (C=O) groups excluding carboxylic acids is 1. The molecule has 114 valence electrons. The fraction of sp³-hybridized carbons (Fsp3) is 0.375. The first-order valence-corrected chi connectivity index (χ1v) is 8.46. The standard InChI is InChI=1S/C16H18N4OS/c21-15(18-13-5-1-2-6-13)11-22-16-8-7-14(19-20-16)12-4-3-9-17-10-12/h3-4,7-10,13H,1-2,5-6,11H2,(H,18,21). The molecule has 0 unspecified atom stereocenters. The molecule has 0 aliphatic heterocycles. The Morgan fingerprint density at radius 1 is 1.23 bits per heavy atom. The second-order valence-electron chi connectivity index (χ2n) is 5.34. The summed E-state index contributed by atoms with van der Waals surface area (Å²) in [7, 11) is 0. The van der Waals surface area contributed by atoms with Crippen LogP contribution in [0.2, 0.25) is 0 Å². The lowest BCUT2D eigenvalue weighted by molar-refractivity contribution is -0.119. The smallest absolute Gasteiger partial charge is 0.230 e. The summed E-state index contributed by atoms with van der Waals surface area (Å²) in [5, 5.41) is 12.2. The highest BCUT2D eigenvalue weighted by Gasteiger charge is 2.17. The van der Waals surface area contributed by atoms with Crippen molar-refractivity contribution in [2.24, 2.45) is 0 Å². The Morgan fingerprint density at radius 3 is 2.77 bits per heavy atom. The first kappa shape index (κ1) is 15.0. The van der Waals surface area contributed by atoms with Gasteiger partial charge in [-0.2, -0.15) is 0 Å². The Hall–Kier alpha value is -1.95. The molecule has 1 amide bonds. The average molecular weight is 314 g/mol. The molecule has 1 aliphatic rings. The molecule has 1 saturated carbocycles. The lowest BCUT2D eigenvalue weighted by atomic mass is 10.2. The highest BCUT2D eigenvalue weighted by molar-refractivity contribution is 7.99. The minimum atomic E-state index is 0.0787. The lowest BCUT2D eigenvalue weighted by Crippen LogP contribution is -2.33. The Balaban J connectivity index is 1.51. The number of thioether (sulfide) groups is 1. The second kappa shape index (κ2) is 7.35. The molecule has 0 aromatic carbocycles. The van der Waals surface area contributed by atoms with Crippen LogP contribution in [0.5, 0.6) is 0 Å². The van der Waals surface area contributed by atoms with Gasteiger partial charge in [-0.15, -0.1) is 10.2 Å². The van der Waals surface area contributed by atoms with Crippen LogP contribution in [0.4, 0.5) is 0 Å². The molecule has 0 bridgehead atoms. The molecule has 22 heavy (non-hydrogen) atoms. The van der Waals surface area contributed by atoms with Crippen LogP contribution in [0, 0.1) is 0 Å². The zero-order valence-electron chi connectivity index (χ0n) is 12.2. The van der Waals surface area contributed by atoms with E-state index >= 15 is 0 Å². The van der Waals surface area contributed by atoms with E-state index in [0.29, 0.717) is 11.8 Å². The first-order chi connectivity index (χ1) is 10.8. The number of nitrogens with zero attached hydrogens (tertiary/aromatic N) is 3. The van der Waals surface area contributed by atoms with Gasteiger partial charge in [-0.05, 0) is 37.1 Å². The number of nitrogens with one attached hydrogen (secondary N) is 1. The van der Waals surface area contributed by atoms with Crippen molar-refractivity contribution in [2.75, 3.05) is 5.75 Å². The van der Waals surface area contributed by atoms with Gasteiger partial charge in [0.2, 0.25) is 5.91 Å². The number of carbonyl (C=O) groups is 1. The van der Waals surface area contributed by atoms with E-state index in [1.165, 1.54) is 24.6 Å². The van der Waals surface area contributed by atoms with Gasteiger partial charge in [0.1, 0.15) is 5.03 Å². The first-order valence-electron chi connectivity index (χ1n) is 7.47. The minimum Gasteiger partial charge on any atom is -0.353 e. The average Bonchev–Trinajstić information content (AvgIpc) is 3.07. The number of amides is 1. The molecular formula is C16H18N4OS. The summed E-state index contributed by atoms with van der Waals surface area (Å²) in [5.74, 6) is 0.465. The lowest BCUT2D eigenvalue weighted by Gasteiger charge is -2.11. The molecule has 3 rings (SSSR count). The summed E-state index contributed by atoms with van der Waals surface area (Å²) in [6.45, 7) is 0. The molecule has 6 heteroatoms. The molecule has 1 fully saturated rings. The van der Waals surface area contributed by atoms with E-state index in [9.17, 15) is 4.79 Å². The molecule has 1 aliphatic carbocycles. The number of hydrogen-bond acceptors (Lipinski definition) is 5. The quantitative estimate of drug-likeness (QED) is 0.859. The summed E-state index contributed by atoms with van der Waals surface area (Å²) in [5.41, 5.74) is 1.72. The summed E-state index contributed by atoms with van der Waals surface area (Å²) < 4.78 is 0. The van der Waals surface area contributed by atoms with Crippen LogP contribution in [-0.2, 0) is 4.79 Å². The Bertz CT molecular complexity index is 612. The highest BCUT2D eigenvalue weighted by atomic mass is 32.2. The van der Waals surface area contributed by atoms with Crippen LogP contribution < -0.4 is 5.32 Å². The van der Waals surface area contributed by atoms with Gasteiger partial charge in [-0.1, -0.05) is 24.6 Å². The Labute approximate surface area is 133 Å². The van der Waals surface area contributed by atoms with Gasteiger partial charge < -0.3 is 5.32 Å². The minimum absolute atomic E-state index is 0.0787. The maximum atomic E-state index is 11.9. The van der Waals surface area contributed by atoms with Crippen LogP contribution in [0.3, 0.4) is 0 Å². The van der Waals surface area contributed by atoms with Gasteiger partial charge in [0, 0.05) is 24.0 Å². The van der Waals surface area contributed by atoms with E-state index in [1.807, 2.05) is 24.3 Å². The van der Waals surface area contributed by atoms with Gasteiger partial charge in [0.15, 0.2) is 0 Å². The fourth-order valence-corrected chi connectivity index (χ4v) is 3.17. The van der Waals surface area contributed by atoms with Crippen molar-refractivity contribution in [1.29, 1.82) is 0 Å². The van der Waals surface area contributed by atoms with E-state index in [0.717, 1.165) is 29.1 Å². The topological polar surface area (TPSA) is 67.8 Å². The van der Waals surface area contributed by atoms with Crippen molar-refractivity contribution < 1.29 is 4.79 Å². The van der Waals surface area contributed by atoms with Gasteiger partial charge in [0.05, 0.1) is 11.4 Å². The molecule has 0 radical (unpaired) electrons. The maximum Gasteiger partial charge on any atom is 0.230 e. The monoisotopic (exact) mass is 314 g/mol. The van der Waals surface area contributed by atoms with Crippen molar-refractivity contribution in [1.82, 2.24) is 20.5 Å². The van der Waals surface area contributed by atoms with Crippen LogP contribution in [0.1, 0.15) is 25.7 Å². The van der Waals surface area contributed by atoms with Gasteiger partial charge in [0.25, 0.3) is 0 Å². The van der Waals surface area contributed by atoms with E-state index in [1.54, 1.807) is 12.4 Å². The fourth-order valence-electron chi connectivity index (χ4n) is 2.54. The van der Waals surface area contributed by atoms with E-state index in [2.05, 4.69) is 20.5 Å². The molecule has 5 nitrogen and oxygen atoms in total. The summed E-state index contributed by atoms with van der Waals surface area (Å²) in [6.07, 6.45) is 8.14. The molecule has 2 aromatic heterocycles. The molecule has 2 aromatic rings. The SMILES string of the molecule is O=C(CSc1ccc(-c2cccnc2)nn1)NC1CCCC1. The Kier molecular flexibility index (Phi) is 5.00. The number of pyridine rings is 1. The van der Waals surface area contributed by atoms with Crippen LogP contribution in [0.25, 0.3) is 11.3 Å². The van der Waals surface area contributed by atoms with Crippen LogP contribution in [-0.4, -0.2) is 32.9 Å². The van der Waals surface area contributed by atoms with Crippen molar-refractivity contribution in [3.63, 3.8) is 0 Å². The summed E-state index contributed by atoms with van der Waals surface area (Å²) >= 11 is 1.41. The predicted molar refractivity (Wildman–Crippen MR) is 86.4 cm³/mol. The zero-order valence-corrected chi connectivity index (χ0v) is 13.1. The molecule has 0 saturated heterocycles. The third-order valence-corrected chi connectivity index (χ3v) is 4.59. The number of hydrogen-bond donors (Lipinski definition) is 1. The summed E-state index contributed by atoms with van der Waals surface area (Å²) in [4.78, 5) is 15.9. The number of aromatic nitrogens is 3. The Morgan fingerprint density at radius 2 is 2.09 bits per heavy atom. The largest absolute Gasteiger partial charge is 0.353 e.